The molecule has 13 heavy (non-hydrogen) atoms. The first-order valence-electron chi connectivity index (χ1n) is 5.87. The van der Waals surface area contributed by atoms with Crippen LogP contribution in [0.5, 0.6) is 0 Å². The third-order valence-corrected chi connectivity index (χ3v) is 2.92. The van der Waals surface area contributed by atoms with Gasteiger partial charge in [-0.15, -0.1) is 0 Å². The third kappa shape index (κ3) is 5.27. The largest absolute Gasteiger partial charge is 0.330 e. The van der Waals surface area contributed by atoms with E-state index in [2.05, 4.69) is 5.32 Å². The maximum atomic E-state index is 5.46. The third-order valence-electron chi connectivity index (χ3n) is 2.92. The van der Waals surface area contributed by atoms with Crippen LogP contribution in [-0.4, -0.2) is 19.1 Å². The van der Waals surface area contributed by atoms with E-state index < -0.39 is 0 Å². The average Bonchev–Trinajstić information content (AvgIpc) is 2.08. The Hall–Kier alpha value is -0.0800. The number of hydrogen-bond acceptors (Lipinski definition) is 2. The fourth-order valence-corrected chi connectivity index (χ4v) is 2.07. The minimum Gasteiger partial charge on any atom is -0.330 e. The zero-order valence-corrected chi connectivity index (χ0v) is 8.73. The Morgan fingerprint density at radius 1 is 1.00 bits per heavy atom. The summed E-state index contributed by atoms with van der Waals surface area (Å²) in [6, 6.07) is 0.784. The van der Waals surface area contributed by atoms with Gasteiger partial charge in [0.25, 0.3) is 0 Å². The Labute approximate surface area is 82.3 Å². The van der Waals surface area contributed by atoms with Crippen LogP contribution in [0, 0.1) is 0 Å². The molecule has 78 valence electrons. The lowest BCUT2D eigenvalue weighted by atomic mass is 9.97. The summed E-state index contributed by atoms with van der Waals surface area (Å²) in [4.78, 5) is 0. The molecular formula is C11H24N2. The lowest BCUT2D eigenvalue weighted by molar-refractivity contribution is 0.389. The molecule has 1 aliphatic carbocycles. The zero-order chi connectivity index (χ0) is 9.36. The van der Waals surface area contributed by atoms with Crippen molar-refractivity contribution >= 4 is 0 Å². The fourth-order valence-electron chi connectivity index (χ4n) is 2.07. The zero-order valence-electron chi connectivity index (χ0n) is 8.73. The molecule has 1 saturated carbocycles. The van der Waals surface area contributed by atoms with Gasteiger partial charge in [-0.3, -0.25) is 0 Å². The van der Waals surface area contributed by atoms with E-state index in [9.17, 15) is 0 Å². The summed E-state index contributed by atoms with van der Waals surface area (Å²) in [6.07, 6.45) is 11.0. The van der Waals surface area contributed by atoms with Crippen molar-refractivity contribution in [3.63, 3.8) is 0 Å². The van der Waals surface area contributed by atoms with Gasteiger partial charge in [-0.2, -0.15) is 0 Å². The summed E-state index contributed by atoms with van der Waals surface area (Å²) in [5, 5.41) is 3.61. The Balaban J connectivity index is 2.06. The highest BCUT2D eigenvalue weighted by Crippen LogP contribution is 2.16. The molecule has 0 radical (unpaired) electrons. The Kier molecular flexibility index (Phi) is 6.21. The highest BCUT2D eigenvalue weighted by molar-refractivity contribution is 4.69. The van der Waals surface area contributed by atoms with Gasteiger partial charge >= 0.3 is 0 Å². The van der Waals surface area contributed by atoms with Gasteiger partial charge in [-0.05, 0) is 32.4 Å². The van der Waals surface area contributed by atoms with E-state index in [1.807, 2.05) is 0 Å². The van der Waals surface area contributed by atoms with Crippen LogP contribution in [-0.2, 0) is 0 Å². The molecule has 0 unspecified atom stereocenters. The van der Waals surface area contributed by atoms with Crippen LogP contribution in [0.25, 0.3) is 0 Å². The molecule has 0 aliphatic heterocycles. The summed E-state index contributed by atoms with van der Waals surface area (Å²) >= 11 is 0. The van der Waals surface area contributed by atoms with Crippen LogP contribution in [0.3, 0.4) is 0 Å². The molecule has 2 heteroatoms. The van der Waals surface area contributed by atoms with E-state index in [0.29, 0.717) is 0 Å². The smallest absolute Gasteiger partial charge is 0.00670 e. The second-order valence-electron chi connectivity index (χ2n) is 4.14. The molecule has 3 N–H and O–H groups in total. The van der Waals surface area contributed by atoms with Crippen LogP contribution < -0.4 is 11.1 Å². The molecule has 0 heterocycles. The monoisotopic (exact) mass is 184 g/mol. The lowest BCUT2D eigenvalue weighted by Gasteiger charge is -2.20. The maximum absolute atomic E-state index is 5.46. The molecule has 0 aromatic heterocycles. The molecule has 2 nitrogen and oxygen atoms in total. The highest BCUT2D eigenvalue weighted by Gasteiger charge is 2.09. The molecule has 1 rings (SSSR count). The van der Waals surface area contributed by atoms with E-state index in [0.717, 1.165) is 25.6 Å². The molecule has 0 bridgehead atoms. The van der Waals surface area contributed by atoms with Crippen LogP contribution >= 0.6 is 0 Å². The van der Waals surface area contributed by atoms with Crippen LogP contribution in [0.1, 0.15) is 51.4 Å². The first-order chi connectivity index (χ1) is 6.43. The average molecular weight is 184 g/mol. The minimum absolute atomic E-state index is 0.784. The van der Waals surface area contributed by atoms with Gasteiger partial charge < -0.3 is 11.1 Å². The van der Waals surface area contributed by atoms with Crippen molar-refractivity contribution < 1.29 is 0 Å². The number of nitrogens with one attached hydrogen (secondary N) is 1. The predicted molar refractivity (Wildman–Crippen MR) is 57.8 cm³/mol. The molecule has 0 aromatic rings. The highest BCUT2D eigenvalue weighted by atomic mass is 14.9. The summed E-state index contributed by atoms with van der Waals surface area (Å²) in [7, 11) is 0. The summed E-state index contributed by atoms with van der Waals surface area (Å²) in [6.45, 7) is 1.93. The van der Waals surface area contributed by atoms with Crippen LogP contribution in [0.15, 0.2) is 0 Å². The number of nitrogens with two attached hydrogens (primary N) is 1. The Morgan fingerprint density at radius 2 is 1.62 bits per heavy atom. The fraction of sp³-hybridized carbons (Fsp3) is 1.00. The van der Waals surface area contributed by atoms with Crippen molar-refractivity contribution in [2.75, 3.05) is 13.1 Å². The van der Waals surface area contributed by atoms with Crippen LogP contribution in [0.2, 0.25) is 0 Å². The van der Waals surface area contributed by atoms with Gasteiger partial charge in [0.1, 0.15) is 0 Å². The van der Waals surface area contributed by atoms with Crippen molar-refractivity contribution in [1.29, 1.82) is 0 Å². The Morgan fingerprint density at radius 3 is 2.23 bits per heavy atom. The van der Waals surface area contributed by atoms with Gasteiger partial charge in [-0.25, -0.2) is 0 Å². The quantitative estimate of drug-likeness (QED) is 0.656. The molecule has 1 fully saturated rings. The molecular weight excluding hydrogens is 160 g/mol. The lowest BCUT2D eigenvalue weighted by Crippen LogP contribution is -2.31. The molecule has 0 saturated heterocycles. The standard InChI is InChI=1S/C11H24N2/c12-9-6-10-13-11-7-4-2-1-3-5-8-11/h11,13H,1-10,12H2. The molecule has 0 spiro atoms. The maximum Gasteiger partial charge on any atom is 0.00670 e. The van der Waals surface area contributed by atoms with Crippen molar-refractivity contribution in [1.82, 2.24) is 5.32 Å². The normalized spacial score (nSPS) is 21.0. The van der Waals surface area contributed by atoms with Crippen molar-refractivity contribution in [3.8, 4) is 0 Å². The molecule has 0 atom stereocenters. The van der Waals surface area contributed by atoms with E-state index in [1.165, 1.54) is 44.9 Å². The molecule has 0 amide bonds. The van der Waals surface area contributed by atoms with E-state index >= 15 is 0 Å². The van der Waals surface area contributed by atoms with Gasteiger partial charge in [-0.1, -0.05) is 32.1 Å². The van der Waals surface area contributed by atoms with E-state index in [4.69, 9.17) is 5.73 Å². The van der Waals surface area contributed by atoms with Gasteiger partial charge in [0.05, 0.1) is 0 Å². The molecule has 1 aliphatic rings. The second kappa shape index (κ2) is 7.34. The first-order valence-corrected chi connectivity index (χ1v) is 5.87. The minimum atomic E-state index is 0.784. The van der Waals surface area contributed by atoms with Crippen molar-refractivity contribution in [2.45, 2.75) is 57.4 Å². The topological polar surface area (TPSA) is 38.0 Å². The van der Waals surface area contributed by atoms with Gasteiger partial charge in [0, 0.05) is 6.04 Å². The van der Waals surface area contributed by atoms with E-state index in [1.54, 1.807) is 0 Å². The van der Waals surface area contributed by atoms with Gasteiger partial charge in [0.2, 0.25) is 0 Å². The van der Waals surface area contributed by atoms with Crippen LogP contribution in [0.4, 0.5) is 0 Å². The Bertz CT molecular complexity index is 107. The summed E-state index contributed by atoms with van der Waals surface area (Å²) < 4.78 is 0. The van der Waals surface area contributed by atoms with E-state index in [-0.39, 0.29) is 0 Å². The number of hydrogen-bond donors (Lipinski definition) is 2. The summed E-state index contributed by atoms with van der Waals surface area (Å²) in [5.74, 6) is 0. The number of rotatable bonds is 4. The van der Waals surface area contributed by atoms with Crippen molar-refractivity contribution in [2.24, 2.45) is 5.73 Å². The van der Waals surface area contributed by atoms with Crippen molar-refractivity contribution in [3.05, 3.63) is 0 Å². The van der Waals surface area contributed by atoms with Gasteiger partial charge in [0.15, 0.2) is 0 Å². The summed E-state index contributed by atoms with van der Waals surface area (Å²) in [5.41, 5.74) is 5.46. The first kappa shape index (κ1) is 11.0. The SMILES string of the molecule is NCCCNC1CCCCCCC1. The molecule has 0 aromatic carbocycles. The second-order valence-corrected chi connectivity index (χ2v) is 4.14. The predicted octanol–water partition coefficient (Wildman–Crippen LogP) is 2.04.